The number of allylic oxidation sites excluding steroid dienone is 1. The number of halogens is 1. The van der Waals surface area contributed by atoms with E-state index in [-0.39, 0.29) is 30.1 Å². The molecule has 0 saturated carbocycles. The number of fused-ring (bicyclic) bond motifs is 2. The van der Waals surface area contributed by atoms with E-state index in [1.165, 1.54) is 12.1 Å². The molecule has 4 aliphatic rings. The number of hydrogen-bond acceptors (Lipinski definition) is 5. The van der Waals surface area contributed by atoms with Crippen LogP contribution in [0.25, 0.3) is 22.8 Å². The predicted octanol–water partition coefficient (Wildman–Crippen LogP) is 3.19. The molecule has 2 aromatic carbocycles. The minimum absolute atomic E-state index is 0.0824. The van der Waals surface area contributed by atoms with Crippen LogP contribution in [0.5, 0.6) is 0 Å². The fourth-order valence-electron chi connectivity index (χ4n) is 5.70. The average molecular weight is 550 g/mol. The summed E-state index contributed by atoms with van der Waals surface area (Å²) in [6.07, 6.45) is 5.84. The molecule has 0 radical (unpaired) electrons. The van der Waals surface area contributed by atoms with Gasteiger partial charge in [-0.05, 0) is 66.6 Å². The minimum atomic E-state index is -0.764. The summed E-state index contributed by atoms with van der Waals surface area (Å²) in [6.45, 7) is 0.480. The van der Waals surface area contributed by atoms with Gasteiger partial charge < -0.3 is 25.8 Å². The molecule has 1 unspecified atom stereocenters. The largest absolute Gasteiger partial charge is 0.369 e. The Hall–Kier alpha value is -5.18. The van der Waals surface area contributed by atoms with E-state index in [2.05, 4.69) is 10.3 Å². The second-order valence-corrected chi connectivity index (χ2v) is 10.2. The fourth-order valence-corrected chi connectivity index (χ4v) is 5.70. The van der Waals surface area contributed by atoms with E-state index in [9.17, 15) is 18.8 Å². The maximum Gasteiger partial charge on any atom is 0.258 e. The lowest BCUT2D eigenvalue weighted by Crippen LogP contribution is -2.32. The summed E-state index contributed by atoms with van der Waals surface area (Å²) in [5.74, 6) is -1.88. The van der Waals surface area contributed by atoms with Crippen LogP contribution in [0, 0.1) is 11.7 Å². The molecule has 41 heavy (non-hydrogen) atoms. The molecular formula is C32H28FN5O3. The molecule has 0 bridgehead atoms. The number of carbonyl (C=O) groups is 2. The number of anilines is 4. The van der Waals surface area contributed by atoms with Crippen molar-refractivity contribution in [1.82, 2.24) is 4.98 Å². The van der Waals surface area contributed by atoms with E-state index < -0.39 is 11.8 Å². The Kier molecular flexibility index (Phi) is 6.62. The van der Waals surface area contributed by atoms with Crippen molar-refractivity contribution >= 4 is 46.2 Å². The maximum absolute atomic E-state index is 13.7. The van der Waals surface area contributed by atoms with Crippen molar-refractivity contribution in [3.63, 3.8) is 0 Å². The van der Waals surface area contributed by atoms with Crippen LogP contribution in [-0.4, -0.2) is 30.4 Å². The maximum atomic E-state index is 13.7. The van der Waals surface area contributed by atoms with E-state index in [0.717, 1.165) is 16.9 Å². The van der Waals surface area contributed by atoms with Crippen molar-refractivity contribution in [2.24, 2.45) is 11.7 Å². The van der Waals surface area contributed by atoms with E-state index in [4.69, 9.17) is 5.73 Å². The number of aromatic nitrogens is 1. The van der Waals surface area contributed by atoms with Crippen molar-refractivity contribution < 1.29 is 14.0 Å². The van der Waals surface area contributed by atoms with Crippen LogP contribution in [-0.2, 0) is 9.59 Å². The zero-order valence-corrected chi connectivity index (χ0v) is 22.4. The lowest BCUT2D eigenvalue weighted by atomic mass is 9.89. The van der Waals surface area contributed by atoms with E-state index in [1.807, 2.05) is 59.3 Å². The smallest absolute Gasteiger partial charge is 0.258 e. The van der Waals surface area contributed by atoms with Crippen LogP contribution < -0.4 is 37.0 Å². The van der Waals surface area contributed by atoms with Gasteiger partial charge in [0.15, 0.2) is 0 Å². The molecule has 9 heteroatoms. The van der Waals surface area contributed by atoms with Crippen LogP contribution in [0.3, 0.4) is 0 Å². The molecule has 1 aliphatic carbocycles. The summed E-state index contributed by atoms with van der Waals surface area (Å²) < 4.78 is 13.7. The first-order chi connectivity index (χ1) is 19.8. The van der Waals surface area contributed by atoms with E-state index in [0.29, 0.717) is 39.6 Å². The Bertz CT molecular complexity index is 1850. The third-order valence-corrected chi connectivity index (χ3v) is 7.64. The molecule has 0 fully saturated rings. The lowest BCUT2D eigenvalue weighted by molar-refractivity contribution is -0.120. The number of benzene rings is 2. The lowest BCUT2D eigenvalue weighted by Gasteiger charge is -2.28. The number of para-hydroxylation sites is 1. The van der Waals surface area contributed by atoms with Crippen LogP contribution in [0.4, 0.5) is 27.1 Å². The highest BCUT2D eigenvalue weighted by atomic mass is 19.1. The number of carbonyl (C=O) groups excluding carboxylic acids is 2. The second kappa shape index (κ2) is 10.4. The van der Waals surface area contributed by atoms with Gasteiger partial charge in [0.2, 0.25) is 11.8 Å². The molecular weight excluding hydrogens is 521 g/mol. The molecule has 3 aliphatic heterocycles. The molecule has 0 spiro atoms. The van der Waals surface area contributed by atoms with Crippen LogP contribution in [0.1, 0.15) is 12.8 Å². The number of hydrogen-bond donors (Lipinski definition) is 3. The first-order valence-corrected chi connectivity index (χ1v) is 13.3. The van der Waals surface area contributed by atoms with Gasteiger partial charge in [0.05, 0.1) is 22.9 Å². The van der Waals surface area contributed by atoms with Gasteiger partial charge in [-0.1, -0.05) is 24.3 Å². The van der Waals surface area contributed by atoms with Crippen molar-refractivity contribution in [2.75, 3.05) is 28.7 Å². The average Bonchev–Trinajstić information content (AvgIpc) is 3.16. The Balaban J connectivity index is 1.46. The molecule has 0 saturated heterocycles. The van der Waals surface area contributed by atoms with E-state index in [1.54, 1.807) is 30.5 Å². The zero-order valence-electron chi connectivity index (χ0n) is 22.4. The molecule has 2 aromatic rings. The number of rotatable bonds is 7. The summed E-state index contributed by atoms with van der Waals surface area (Å²) in [5.41, 5.74) is 10.4. The number of nitrogens with one attached hydrogen (secondary N) is 2. The summed E-state index contributed by atoms with van der Waals surface area (Å²) in [4.78, 5) is 45.8. The molecule has 2 amide bonds. The second-order valence-electron chi connectivity index (χ2n) is 10.2. The number of amides is 2. The Morgan fingerprint density at radius 3 is 2.54 bits per heavy atom. The fraction of sp³-hybridized carbons (Fsp3) is 0.156. The normalized spacial score (nSPS) is 14.4. The number of nitrogens with two attached hydrogens (primary N) is 1. The number of primary amides is 1. The first kappa shape index (κ1) is 26.1. The van der Waals surface area contributed by atoms with Gasteiger partial charge in [0.1, 0.15) is 5.82 Å². The highest BCUT2D eigenvalue weighted by Gasteiger charge is 2.30. The summed E-state index contributed by atoms with van der Waals surface area (Å²) in [7, 11) is 1.84. The topological polar surface area (TPSA) is 112 Å². The summed E-state index contributed by atoms with van der Waals surface area (Å²) in [5, 5.41) is 4.24. The van der Waals surface area contributed by atoms with Gasteiger partial charge in [-0.2, -0.15) is 0 Å². The van der Waals surface area contributed by atoms with Crippen LogP contribution in [0.15, 0.2) is 83.8 Å². The van der Waals surface area contributed by atoms with Gasteiger partial charge in [0.25, 0.3) is 5.56 Å². The zero-order chi connectivity index (χ0) is 28.7. The Labute approximate surface area is 235 Å². The van der Waals surface area contributed by atoms with Gasteiger partial charge in [0, 0.05) is 53.7 Å². The molecule has 6 rings (SSSR count). The molecule has 3 heterocycles. The van der Waals surface area contributed by atoms with Gasteiger partial charge in [-0.15, -0.1) is 0 Å². The quantitative estimate of drug-likeness (QED) is 0.328. The van der Waals surface area contributed by atoms with Crippen molar-refractivity contribution in [2.45, 2.75) is 12.8 Å². The van der Waals surface area contributed by atoms with Gasteiger partial charge in [-0.3, -0.25) is 14.4 Å². The van der Waals surface area contributed by atoms with Gasteiger partial charge >= 0.3 is 0 Å². The number of H-pyrrole nitrogens is 1. The van der Waals surface area contributed by atoms with E-state index >= 15 is 0 Å². The summed E-state index contributed by atoms with van der Waals surface area (Å²) in [6, 6.07) is 19.1. The standard InChI is InChI=1S/C32H28FN5O3/c1-37-17-15-22(24(31(34)40)12-14-27(39)35-20-5-3-2-4-6-20)23-11-13-26-28-25(36-32(41)29(28)30(23)37)16-18-38(26)21-9-7-19(33)8-10-21/h2-11,13,15-17,24H,12,14,18H2,1H3,(H2,34,40)(H,35,39)(H,36,41). The molecule has 8 nitrogen and oxygen atoms in total. The minimum Gasteiger partial charge on any atom is -0.369 e. The van der Waals surface area contributed by atoms with Crippen molar-refractivity contribution in [1.29, 1.82) is 0 Å². The highest BCUT2D eigenvalue weighted by Crippen LogP contribution is 2.38. The van der Waals surface area contributed by atoms with Crippen molar-refractivity contribution in [3.8, 4) is 11.1 Å². The molecule has 206 valence electrons. The monoisotopic (exact) mass is 549 g/mol. The third-order valence-electron chi connectivity index (χ3n) is 7.64. The first-order valence-electron chi connectivity index (χ1n) is 13.3. The van der Waals surface area contributed by atoms with Crippen LogP contribution in [0.2, 0.25) is 0 Å². The van der Waals surface area contributed by atoms with Crippen LogP contribution >= 0.6 is 0 Å². The predicted molar refractivity (Wildman–Crippen MR) is 159 cm³/mol. The molecule has 0 aromatic heterocycles. The summed E-state index contributed by atoms with van der Waals surface area (Å²) >= 11 is 0. The van der Waals surface area contributed by atoms with Crippen molar-refractivity contribution in [3.05, 3.63) is 106 Å². The molecule has 4 N–H and O–H groups in total. The molecule has 1 atom stereocenters. The van der Waals surface area contributed by atoms with Gasteiger partial charge in [-0.25, -0.2) is 4.39 Å². The number of aromatic amines is 1. The SMILES string of the molecule is CN1C=CC(C(CCC(=O)Nc2ccccc2)C(N)=O)=c2ccc3c4c([nH]c(=O)c-4c21)=CCN3c1ccc(F)cc1. The number of nitrogens with zero attached hydrogens (tertiary/aromatic N) is 2. The highest BCUT2D eigenvalue weighted by molar-refractivity contribution is 5.97. The third kappa shape index (κ3) is 4.75. The Morgan fingerprint density at radius 2 is 1.80 bits per heavy atom. The Morgan fingerprint density at radius 1 is 1.05 bits per heavy atom.